The zero-order valence-corrected chi connectivity index (χ0v) is 5.99. The van der Waals surface area contributed by atoms with Gasteiger partial charge in [0.15, 0.2) is 0 Å². The molecule has 66 valence electrons. The van der Waals surface area contributed by atoms with Crippen molar-refractivity contribution in [3.05, 3.63) is 12.7 Å². The van der Waals surface area contributed by atoms with Crippen LogP contribution in [0, 0.1) is 0 Å². The molecule has 0 heterocycles. The van der Waals surface area contributed by atoms with Crippen molar-refractivity contribution >= 4 is 0 Å². The summed E-state index contributed by atoms with van der Waals surface area (Å²) in [6, 6.07) is 0. The van der Waals surface area contributed by atoms with E-state index in [1.54, 1.807) is 0 Å². The molecule has 0 aliphatic heterocycles. The highest BCUT2D eigenvalue weighted by Crippen LogP contribution is 2.23. The van der Waals surface area contributed by atoms with Gasteiger partial charge in [0.05, 0.1) is 6.67 Å². The minimum absolute atomic E-state index is 0.373. The zero-order chi connectivity index (χ0) is 8.91. The second-order valence-electron chi connectivity index (χ2n) is 2.24. The van der Waals surface area contributed by atoms with E-state index in [0.29, 0.717) is 6.08 Å². The average Bonchev–Trinajstić information content (AvgIpc) is 1.87. The summed E-state index contributed by atoms with van der Waals surface area (Å²) in [6.45, 7) is 1.93. The van der Waals surface area contributed by atoms with Crippen LogP contribution in [0.5, 0.6) is 0 Å². The molecule has 0 aliphatic rings. The van der Waals surface area contributed by atoms with Gasteiger partial charge in [0.1, 0.15) is 6.17 Å². The maximum absolute atomic E-state index is 12.3. The van der Waals surface area contributed by atoms with Crippen LogP contribution >= 0.6 is 0 Å². The molecule has 0 nitrogen and oxygen atoms in total. The van der Waals surface area contributed by atoms with Crippen molar-refractivity contribution in [2.24, 2.45) is 0 Å². The van der Waals surface area contributed by atoms with Crippen LogP contribution in [0.2, 0.25) is 0 Å². The van der Waals surface area contributed by atoms with Crippen LogP contribution in [-0.4, -0.2) is 18.8 Å². The van der Waals surface area contributed by atoms with Crippen molar-refractivity contribution in [2.45, 2.75) is 24.9 Å². The molecular weight excluding hydrogens is 160 g/mol. The molecule has 0 amide bonds. The van der Waals surface area contributed by atoms with Gasteiger partial charge >= 0.3 is 0 Å². The summed E-state index contributed by atoms with van der Waals surface area (Å²) in [5.41, 5.74) is 0. The normalized spacial score (nSPS) is 14.5. The van der Waals surface area contributed by atoms with E-state index >= 15 is 0 Å². The van der Waals surface area contributed by atoms with Gasteiger partial charge in [-0.3, -0.25) is 4.39 Å². The smallest absolute Gasteiger partial charge is 0.251 e. The van der Waals surface area contributed by atoms with Crippen molar-refractivity contribution in [3.8, 4) is 0 Å². The number of rotatable bonds is 5. The van der Waals surface area contributed by atoms with E-state index in [0.717, 1.165) is 0 Å². The molecule has 1 unspecified atom stereocenters. The third-order valence-corrected chi connectivity index (χ3v) is 1.21. The molecule has 0 spiro atoms. The summed E-state index contributed by atoms with van der Waals surface area (Å²) in [7, 11) is 0. The fourth-order valence-corrected chi connectivity index (χ4v) is 0.599. The van der Waals surface area contributed by atoms with Gasteiger partial charge in [0.2, 0.25) is 0 Å². The van der Waals surface area contributed by atoms with Gasteiger partial charge in [0.25, 0.3) is 5.92 Å². The molecule has 0 N–H and O–H groups in total. The second-order valence-corrected chi connectivity index (χ2v) is 2.24. The van der Waals surface area contributed by atoms with Crippen LogP contribution in [0.4, 0.5) is 17.6 Å². The topological polar surface area (TPSA) is 0 Å². The molecule has 1 atom stereocenters. The first kappa shape index (κ1) is 10.5. The van der Waals surface area contributed by atoms with E-state index in [9.17, 15) is 17.6 Å². The summed E-state index contributed by atoms with van der Waals surface area (Å²) >= 11 is 0. The standard InChI is InChI=1S/C7H10F4/c1-2-7(10,11)5-6(9)3-4-8/h2,6H,1,3-5H2. The largest absolute Gasteiger partial charge is 0.269 e. The Labute approximate surface area is 62.9 Å². The van der Waals surface area contributed by atoms with Gasteiger partial charge in [-0.05, 0) is 6.08 Å². The van der Waals surface area contributed by atoms with Gasteiger partial charge in [-0.25, -0.2) is 13.2 Å². The Balaban J connectivity index is 3.72. The fourth-order valence-electron chi connectivity index (χ4n) is 0.599. The highest BCUT2D eigenvalue weighted by Gasteiger charge is 2.28. The minimum Gasteiger partial charge on any atom is -0.251 e. The van der Waals surface area contributed by atoms with E-state index < -0.39 is 31.6 Å². The summed E-state index contributed by atoms with van der Waals surface area (Å²) < 4.78 is 48.2. The molecule has 0 saturated carbocycles. The van der Waals surface area contributed by atoms with Crippen LogP contribution in [0.1, 0.15) is 12.8 Å². The van der Waals surface area contributed by atoms with Gasteiger partial charge in [-0.2, -0.15) is 0 Å². The maximum atomic E-state index is 12.3. The molecular formula is C7H10F4. The van der Waals surface area contributed by atoms with Crippen LogP contribution in [0.3, 0.4) is 0 Å². The minimum atomic E-state index is -3.21. The Kier molecular flexibility index (Phi) is 4.15. The van der Waals surface area contributed by atoms with Crippen molar-refractivity contribution in [2.75, 3.05) is 6.67 Å². The lowest BCUT2D eigenvalue weighted by Crippen LogP contribution is -2.19. The van der Waals surface area contributed by atoms with Crippen LogP contribution in [-0.2, 0) is 0 Å². The first-order valence-electron chi connectivity index (χ1n) is 3.23. The summed E-state index contributed by atoms with van der Waals surface area (Å²) in [6.07, 6.45) is -2.85. The van der Waals surface area contributed by atoms with Gasteiger partial charge in [-0.1, -0.05) is 6.58 Å². The van der Waals surface area contributed by atoms with Gasteiger partial charge in [0, 0.05) is 12.8 Å². The number of alkyl halides is 4. The van der Waals surface area contributed by atoms with Crippen LogP contribution in [0.25, 0.3) is 0 Å². The Morgan fingerprint density at radius 2 is 2.00 bits per heavy atom. The van der Waals surface area contributed by atoms with Crippen LogP contribution < -0.4 is 0 Å². The molecule has 0 aliphatic carbocycles. The Morgan fingerprint density at radius 3 is 2.36 bits per heavy atom. The highest BCUT2D eigenvalue weighted by atomic mass is 19.3. The predicted octanol–water partition coefficient (Wildman–Crippen LogP) is 2.90. The lowest BCUT2D eigenvalue weighted by Gasteiger charge is -2.12. The van der Waals surface area contributed by atoms with E-state index in [2.05, 4.69) is 6.58 Å². The first-order valence-corrected chi connectivity index (χ1v) is 3.23. The van der Waals surface area contributed by atoms with E-state index in [1.165, 1.54) is 0 Å². The summed E-state index contributed by atoms with van der Waals surface area (Å²) in [5.74, 6) is -3.21. The third-order valence-electron chi connectivity index (χ3n) is 1.21. The quantitative estimate of drug-likeness (QED) is 0.439. The van der Waals surface area contributed by atoms with Crippen molar-refractivity contribution in [1.29, 1.82) is 0 Å². The number of allylic oxidation sites excluding steroid dienone is 1. The molecule has 0 aromatic rings. The molecule has 0 aromatic carbocycles. The van der Waals surface area contributed by atoms with E-state index in [-0.39, 0.29) is 0 Å². The van der Waals surface area contributed by atoms with Gasteiger partial charge in [-0.15, -0.1) is 0 Å². The monoisotopic (exact) mass is 170 g/mol. The maximum Gasteiger partial charge on any atom is 0.269 e. The fraction of sp³-hybridized carbons (Fsp3) is 0.714. The molecule has 0 bridgehead atoms. The molecule has 0 saturated heterocycles. The highest BCUT2D eigenvalue weighted by molar-refractivity contribution is 4.88. The van der Waals surface area contributed by atoms with Crippen molar-refractivity contribution < 1.29 is 17.6 Å². The molecule has 4 heteroatoms. The zero-order valence-electron chi connectivity index (χ0n) is 5.99. The second kappa shape index (κ2) is 4.36. The van der Waals surface area contributed by atoms with Crippen molar-refractivity contribution in [3.63, 3.8) is 0 Å². The SMILES string of the molecule is C=CC(F)(F)CC(F)CCF. The molecule has 0 rings (SSSR count). The Bertz CT molecular complexity index is 122. The summed E-state index contributed by atoms with van der Waals surface area (Å²) in [4.78, 5) is 0. The predicted molar refractivity (Wildman–Crippen MR) is 35.2 cm³/mol. The summed E-state index contributed by atoms with van der Waals surface area (Å²) in [5, 5.41) is 0. The van der Waals surface area contributed by atoms with E-state index in [1.807, 2.05) is 0 Å². The first-order chi connectivity index (χ1) is 5.02. The Hall–Kier alpha value is -0.540. The molecule has 11 heavy (non-hydrogen) atoms. The van der Waals surface area contributed by atoms with Crippen molar-refractivity contribution in [1.82, 2.24) is 0 Å². The Morgan fingerprint density at radius 1 is 1.45 bits per heavy atom. The number of hydrogen-bond donors (Lipinski definition) is 0. The number of halogens is 4. The molecule has 0 aromatic heterocycles. The lowest BCUT2D eigenvalue weighted by atomic mass is 10.1. The van der Waals surface area contributed by atoms with Crippen LogP contribution in [0.15, 0.2) is 12.7 Å². The average molecular weight is 170 g/mol. The molecule has 0 fully saturated rings. The molecule has 0 radical (unpaired) electrons. The lowest BCUT2D eigenvalue weighted by molar-refractivity contribution is 0.0177. The third kappa shape index (κ3) is 4.81. The van der Waals surface area contributed by atoms with E-state index in [4.69, 9.17) is 0 Å². The number of hydrogen-bond acceptors (Lipinski definition) is 0. The van der Waals surface area contributed by atoms with Gasteiger partial charge < -0.3 is 0 Å².